The number of halogens is 3. The largest absolute Gasteiger partial charge is 0.609 e. The first-order valence-electron chi connectivity index (χ1n) is 5.90. The van der Waals surface area contributed by atoms with Crippen molar-refractivity contribution in [2.75, 3.05) is 19.5 Å². The summed E-state index contributed by atoms with van der Waals surface area (Å²) >= 11 is -1.58. The van der Waals surface area contributed by atoms with Gasteiger partial charge >= 0.3 is 11.3 Å². The molecular formula is C11H13F3N2O3S. The van der Waals surface area contributed by atoms with E-state index in [9.17, 15) is 17.7 Å². The predicted molar refractivity (Wildman–Crippen MR) is 63.8 cm³/mol. The van der Waals surface area contributed by atoms with Crippen LogP contribution in [0, 0.1) is 0 Å². The van der Waals surface area contributed by atoms with E-state index in [1.165, 1.54) is 6.26 Å². The Balaban J connectivity index is 2.28. The van der Waals surface area contributed by atoms with Gasteiger partial charge in [0.05, 0.1) is 19.4 Å². The lowest BCUT2D eigenvalue weighted by Gasteiger charge is -2.24. The van der Waals surface area contributed by atoms with Crippen LogP contribution in [0.1, 0.15) is 18.4 Å². The standard InChI is InChI=1S/C11H13F3N2O3S/c1-20(17)10-15-6-8(11(12,13)14)9(16-10)19-7-2-4-18-5-3-7/h6-7H,2-5H2,1H3. The molecule has 0 saturated carbocycles. The molecule has 0 radical (unpaired) electrons. The van der Waals surface area contributed by atoms with Gasteiger partial charge in [0.25, 0.3) is 0 Å². The van der Waals surface area contributed by atoms with E-state index in [-0.39, 0.29) is 5.16 Å². The van der Waals surface area contributed by atoms with E-state index in [2.05, 4.69) is 9.97 Å². The zero-order valence-electron chi connectivity index (χ0n) is 10.6. The third kappa shape index (κ3) is 3.74. The summed E-state index contributed by atoms with van der Waals surface area (Å²) in [5.74, 6) is -0.565. The SMILES string of the molecule is C[S+]([O-])c1ncc(C(F)(F)F)c(OC2CCOCC2)n1. The fourth-order valence-electron chi connectivity index (χ4n) is 1.73. The Morgan fingerprint density at radius 1 is 1.40 bits per heavy atom. The maximum atomic E-state index is 12.9. The minimum atomic E-state index is -4.62. The first kappa shape index (κ1) is 15.3. The van der Waals surface area contributed by atoms with Gasteiger partial charge in [0.1, 0.15) is 17.9 Å². The van der Waals surface area contributed by atoms with E-state index < -0.39 is 34.9 Å². The molecule has 0 amide bonds. The number of hydrogen-bond donors (Lipinski definition) is 0. The summed E-state index contributed by atoms with van der Waals surface area (Å²) in [6.45, 7) is 0.868. The summed E-state index contributed by atoms with van der Waals surface area (Å²) in [5, 5.41) is -0.181. The average molecular weight is 310 g/mol. The van der Waals surface area contributed by atoms with Gasteiger partial charge in [-0.3, -0.25) is 0 Å². The molecule has 2 heterocycles. The van der Waals surface area contributed by atoms with Gasteiger partial charge in [-0.2, -0.15) is 18.2 Å². The fourth-order valence-corrected chi connectivity index (χ4v) is 2.14. The molecule has 1 unspecified atom stereocenters. The minimum Gasteiger partial charge on any atom is -0.609 e. The van der Waals surface area contributed by atoms with Crippen LogP contribution in [0.4, 0.5) is 13.2 Å². The molecule has 0 bridgehead atoms. The third-order valence-electron chi connectivity index (χ3n) is 2.74. The molecule has 20 heavy (non-hydrogen) atoms. The van der Waals surface area contributed by atoms with E-state index >= 15 is 0 Å². The number of alkyl halides is 3. The maximum Gasteiger partial charge on any atom is 0.423 e. The zero-order chi connectivity index (χ0) is 14.8. The molecule has 1 saturated heterocycles. The quantitative estimate of drug-likeness (QED) is 0.629. The van der Waals surface area contributed by atoms with Crippen LogP contribution in [0.5, 0.6) is 5.88 Å². The van der Waals surface area contributed by atoms with Crippen molar-refractivity contribution in [1.82, 2.24) is 9.97 Å². The second kappa shape index (κ2) is 6.15. The minimum absolute atomic E-state index is 0.181. The smallest absolute Gasteiger partial charge is 0.423 e. The molecule has 5 nitrogen and oxygen atoms in total. The number of ether oxygens (including phenoxy) is 2. The van der Waals surface area contributed by atoms with Crippen LogP contribution in [0.3, 0.4) is 0 Å². The average Bonchev–Trinajstić information content (AvgIpc) is 2.38. The van der Waals surface area contributed by atoms with Gasteiger partial charge in [-0.1, -0.05) is 0 Å². The van der Waals surface area contributed by atoms with Crippen molar-refractivity contribution in [1.29, 1.82) is 0 Å². The molecule has 0 N–H and O–H groups in total. The lowest BCUT2D eigenvalue weighted by molar-refractivity contribution is -0.140. The lowest BCUT2D eigenvalue weighted by atomic mass is 10.1. The van der Waals surface area contributed by atoms with Crippen molar-refractivity contribution in [2.45, 2.75) is 30.3 Å². The highest BCUT2D eigenvalue weighted by atomic mass is 32.2. The molecule has 1 atom stereocenters. The van der Waals surface area contributed by atoms with E-state index in [0.29, 0.717) is 32.3 Å². The van der Waals surface area contributed by atoms with Crippen LogP contribution < -0.4 is 4.74 Å². The summed E-state index contributed by atoms with van der Waals surface area (Å²) in [4.78, 5) is 7.10. The van der Waals surface area contributed by atoms with Gasteiger partial charge in [-0.05, 0) is 0 Å². The van der Waals surface area contributed by atoms with Crippen LogP contribution >= 0.6 is 0 Å². The summed E-state index contributed by atoms with van der Waals surface area (Å²) in [5.41, 5.74) is -1.06. The van der Waals surface area contributed by atoms with Crippen LogP contribution in [0.2, 0.25) is 0 Å². The molecule has 0 aromatic carbocycles. The molecule has 2 rings (SSSR count). The maximum absolute atomic E-state index is 12.9. The molecule has 1 aromatic rings. The van der Waals surface area contributed by atoms with Gasteiger partial charge < -0.3 is 14.0 Å². The van der Waals surface area contributed by atoms with Gasteiger partial charge in [-0.25, -0.2) is 0 Å². The van der Waals surface area contributed by atoms with E-state index in [1.54, 1.807) is 0 Å². The Bertz CT molecular complexity index is 465. The van der Waals surface area contributed by atoms with Gasteiger partial charge in [0.15, 0.2) is 0 Å². The zero-order valence-corrected chi connectivity index (χ0v) is 11.5. The van der Waals surface area contributed by atoms with Crippen molar-refractivity contribution >= 4 is 11.2 Å². The topological polar surface area (TPSA) is 67.3 Å². The van der Waals surface area contributed by atoms with Crippen LogP contribution in [0.25, 0.3) is 0 Å². The normalized spacial score (nSPS) is 18.9. The van der Waals surface area contributed by atoms with Crippen molar-refractivity contribution in [3.63, 3.8) is 0 Å². The monoisotopic (exact) mass is 310 g/mol. The summed E-state index contributed by atoms with van der Waals surface area (Å²) in [6, 6.07) is 0. The van der Waals surface area contributed by atoms with Crippen LogP contribution in [-0.4, -0.2) is 40.1 Å². The first-order chi connectivity index (χ1) is 9.38. The molecule has 1 aromatic heterocycles. The van der Waals surface area contributed by atoms with Crippen molar-refractivity contribution in [2.24, 2.45) is 0 Å². The van der Waals surface area contributed by atoms with Crippen molar-refractivity contribution in [3.05, 3.63) is 11.8 Å². The number of nitrogens with zero attached hydrogens (tertiary/aromatic N) is 2. The van der Waals surface area contributed by atoms with Crippen LogP contribution in [-0.2, 0) is 22.1 Å². The van der Waals surface area contributed by atoms with Gasteiger partial charge in [0.2, 0.25) is 5.88 Å². The fraction of sp³-hybridized carbons (Fsp3) is 0.636. The first-order valence-corrected chi connectivity index (χ1v) is 7.46. The van der Waals surface area contributed by atoms with Crippen molar-refractivity contribution in [3.8, 4) is 5.88 Å². The predicted octanol–water partition coefficient (Wildman–Crippen LogP) is 1.79. The molecule has 1 aliphatic heterocycles. The number of rotatable bonds is 3. The summed E-state index contributed by atoms with van der Waals surface area (Å²) in [6.07, 6.45) is -2.12. The van der Waals surface area contributed by atoms with Crippen LogP contribution in [0.15, 0.2) is 11.4 Å². The summed E-state index contributed by atoms with van der Waals surface area (Å²) in [7, 11) is 0. The number of hydrogen-bond acceptors (Lipinski definition) is 5. The van der Waals surface area contributed by atoms with Gasteiger partial charge in [0, 0.05) is 24.0 Å². The van der Waals surface area contributed by atoms with Crippen molar-refractivity contribution < 1.29 is 27.2 Å². The molecule has 1 fully saturated rings. The van der Waals surface area contributed by atoms with E-state index in [4.69, 9.17) is 9.47 Å². The highest BCUT2D eigenvalue weighted by Crippen LogP contribution is 2.35. The molecule has 0 spiro atoms. The summed E-state index contributed by atoms with van der Waals surface area (Å²) < 4.78 is 60.3. The Kier molecular flexibility index (Phi) is 4.71. The Labute approximate surface area is 116 Å². The molecule has 0 aliphatic carbocycles. The second-order valence-electron chi connectivity index (χ2n) is 4.25. The Morgan fingerprint density at radius 3 is 2.60 bits per heavy atom. The highest BCUT2D eigenvalue weighted by Gasteiger charge is 2.37. The second-order valence-corrected chi connectivity index (χ2v) is 5.53. The van der Waals surface area contributed by atoms with Gasteiger partial charge in [-0.15, -0.1) is 4.98 Å². The molecule has 1 aliphatic rings. The van der Waals surface area contributed by atoms with E-state index in [1.807, 2.05) is 0 Å². The number of aromatic nitrogens is 2. The highest BCUT2D eigenvalue weighted by molar-refractivity contribution is 7.90. The Hall–Kier alpha value is -1.06. The molecular weight excluding hydrogens is 297 g/mol. The Morgan fingerprint density at radius 2 is 2.05 bits per heavy atom. The van der Waals surface area contributed by atoms with E-state index in [0.717, 1.165) is 0 Å². The molecule has 9 heteroatoms. The molecule has 112 valence electrons. The lowest BCUT2D eigenvalue weighted by Crippen LogP contribution is -2.27. The third-order valence-corrected chi connectivity index (χ3v) is 3.45.